The van der Waals surface area contributed by atoms with Crippen LogP contribution in [0.3, 0.4) is 0 Å². The highest BCUT2D eigenvalue weighted by molar-refractivity contribution is 9.10. The van der Waals surface area contributed by atoms with Gasteiger partial charge in [-0.3, -0.25) is 0 Å². The average Bonchev–Trinajstić information content (AvgIpc) is 2.03. The predicted molar refractivity (Wildman–Crippen MR) is 61.8 cm³/mol. The lowest BCUT2D eigenvalue weighted by atomic mass is 10.2. The third-order valence-corrected chi connectivity index (χ3v) is 1.89. The van der Waals surface area contributed by atoms with E-state index in [2.05, 4.69) is 15.9 Å². The van der Waals surface area contributed by atoms with Crippen molar-refractivity contribution in [3.63, 3.8) is 0 Å². The Bertz CT molecular complexity index is 310. The van der Waals surface area contributed by atoms with Gasteiger partial charge in [-0.05, 0) is 25.1 Å². The molecule has 1 aromatic rings. The quantitative estimate of drug-likeness (QED) is 0.669. The summed E-state index contributed by atoms with van der Waals surface area (Å²) in [5.74, 6) is -0.351. The third-order valence-electron chi connectivity index (χ3n) is 1.43. The second kappa shape index (κ2) is 5.88. The number of hydrogen-bond donors (Lipinski definition) is 1. The van der Waals surface area contributed by atoms with Crippen LogP contribution in [0.25, 0.3) is 0 Å². The molecule has 0 aliphatic carbocycles. The van der Waals surface area contributed by atoms with E-state index in [9.17, 15) is 4.79 Å². The van der Waals surface area contributed by atoms with Crippen LogP contribution < -0.4 is 5.73 Å². The second-order valence-corrected chi connectivity index (χ2v) is 3.41. The fourth-order valence-corrected chi connectivity index (χ4v) is 1.46. The van der Waals surface area contributed by atoms with Crippen LogP contribution in [0.1, 0.15) is 17.3 Å². The third kappa shape index (κ3) is 3.55. The minimum absolute atomic E-state index is 0. The molecule has 0 saturated carbocycles. The molecule has 14 heavy (non-hydrogen) atoms. The van der Waals surface area contributed by atoms with Crippen molar-refractivity contribution in [2.75, 3.05) is 12.3 Å². The van der Waals surface area contributed by atoms with Crippen molar-refractivity contribution in [3.8, 4) is 0 Å². The van der Waals surface area contributed by atoms with Crippen molar-refractivity contribution in [2.24, 2.45) is 0 Å². The van der Waals surface area contributed by atoms with Gasteiger partial charge in [-0.1, -0.05) is 15.9 Å². The zero-order valence-corrected chi connectivity index (χ0v) is 10.0. The van der Waals surface area contributed by atoms with E-state index in [1.807, 2.05) is 0 Å². The Balaban J connectivity index is 0.00000169. The molecule has 0 radical (unpaired) electrons. The van der Waals surface area contributed by atoms with Crippen molar-refractivity contribution in [1.82, 2.24) is 0 Å². The van der Waals surface area contributed by atoms with E-state index in [0.29, 0.717) is 17.9 Å². The number of carbonyl (C=O) groups is 1. The van der Waals surface area contributed by atoms with Crippen LogP contribution in [0.2, 0.25) is 0 Å². The van der Waals surface area contributed by atoms with Crippen LogP contribution in [-0.2, 0) is 4.74 Å². The molecule has 0 aromatic heterocycles. The molecule has 0 saturated heterocycles. The number of esters is 1. The molecule has 0 amide bonds. The van der Waals surface area contributed by atoms with Gasteiger partial charge in [0.2, 0.25) is 0 Å². The normalized spacial score (nSPS) is 9.00. The number of nitrogen functional groups attached to an aromatic ring is 1. The molecule has 0 aliphatic rings. The van der Waals surface area contributed by atoms with Crippen LogP contribution in [0, 0.1) is 0 Å². The first-order chi connectivity index (χ1) is 6.13. The number of hydrogen-bond acceptors (Lipinski definition) is 3. The van der Waals surface area contributed by atoms with Crippen molar-refractivity contribution >= 4 is 40.0 Å². The molecular formula is C9H11BrClNO2. The molecule has 0 unspecified atom stereocenters. The fraction of sp³-hybridized carbons (Fsp3) is 0.222. The summed E-state index contributed by atoms with van der Waals surface area (Å²) in [6.07, 6.45) is 0. The van der Waals surface area contributed by atoms with E-state index in [0.717, 1.165) is 4.47 Å². The van der Waals surface area contributed by atoms with Gasteiger partial charge >= 0.3 is 5.97 Å². The van der Waals surface area contributed by atoms with E-state index in [1.54, 1.807) is 25.1 Å². The predicted octanol–water partition coefficient (Wildman–Crippen LogP) is 2.63. The summed E-state index contributed by atoms with van der Waals surface area (Å²) in [5.41, 5.74) is 6.56. The smallest absolute Gasteiger partial charge is 0.338 e. The van der Waals surface area contributed by atoms with E-state index in [4.69, 9.17) is 10.5 Å². The number of rotatable bonds is 2. The van der Waals surface area contributed by atoms with Crippen LogP contribution in [-0.4, -0.2) is 12.6 Å². The summed E-state index contributed by atoms with van der Waals surface area (Å²) in [6.45, 7) is 2.13. The highest BCUT2D eigenvalue weighted by atomic mass is 79.9. The maximum Gasteiger partial charge on any atom is 0.338 e. The maximum atomic E-state index is 11.3. The lowest BCUT2D eigenvalue weighted by Gasteiger charge is -2.03. The molecule has 5 heteroatoms. The Morgan fingerprint density at radius 3 is 2.64 bits per heavy atom. The number of halogens is 2. The SMILES string of the molecule is CCOC(=O)c1cc(N)cc(Br)c1.Cl. The van der Waals surface area contributed by atoms with Crippen LogP contribution in [0.15, 0.2) is 22.7 Å². The van der Waals surface area contributed by atoms with Gasteiger partial charge < -0.3 is 10.5 Å². The van der Waals surface area contributed by atoms with Gasteiger partial charge in [0, 0.05) is 10.2 Å². The fourth-order valence-electron chi connectivity index (χ4n) is 0.945. The topological polar surface area (TPSA) is 52.3 Å². The Hall–Kier alpha value is -0.740. The molecule has 0 aliphatic heterocycles. The largest absolute Gasteiger partial charge is 0.462 e. The molecule has 0 bridgehead atoms. The van der Waals surface area contributed by atoms with E-state index >= 15 is 0 Å². The van der Waals surface area contributed by atoms with Crippen molar-refractivity contribution in [1.29, 1.82) is 0 Å². The maximum absolute atomic E-state index is 11.3. The van der Waals surface area contributed by atoms with Gasteiger partial charge in [-0.15, -0.1) is 12.4 Å². The molecule has 0 fully saturated rings. The molecule has 2 N–H and O–H groups in total. The van der Waals surface area contributed by atoms with Crippen molar-refractivity contribution in [3.05, 3.63) is 28.2 Å². The number of benzene rings is 1. The minimum Gasteiger partial charge on any atom is -0.462 e. The minimum atomic E-state index is -0.351. The first-order valence-corrected chi connectivity index (χ1v) is 4.66. The molecule has 78 valence electrons. The number of anilines is 1. The van der Waals surface area contributed by atoms with Gasteiger partial charge in [-0.25, -0.2) is 4.79 Å². The molecule has 0 atom stereocenters. The lowest BCUT2D eigenvalue weighted by Crippen LogP contribution is -2.05. The molecule has 3 nitrogen and oxygen atoms in total. The molecule has 1 rings (SSSR count). The highest BCUT2D eigenvalue weighted by Gasteiger charge is 2.07. The van der Waals surface area contributed by atoms with Gasteiger partial charge in [0.05, 0.1) is 12.2 Å². The average molecular weight is 281 g/mol. The van der Waals surface area contributed by atoms with Crippen molar-refractivity contribution < 1.29 is 9.53 Å². The van der Waals surface area contributed by atoms with E-state index in [-0.39, 0.29) is 18.4 Å². The molecule has 1 aromatic carbocycles. The van der Waals surface area contributed by atoms with Gasteiger partial charge in [0.15, 0.2) is 0 Å². The first-order valence-electron chi connectivity index (χ1n) is 3.86. The highest BCUT2D eigenvalue weighted by Crippen LogP contribution is 2.17. The Morgan fingerprint density at radius 1 is 1.50 bits per heavy atom. The second-order valence-electron chi connectivity index (χ2n) is 2.49. The Labute approximate surface area is 97.2 Å². The monoisotopic (exact) mass is 279 g/mol. The summed E-state index contributed by atoms with van der Waals surface area (Å²) in [7, 11) is 0. The summed E-state index contributed by atoms with van der Waals surface area (Å²) in [5, 5.41) is 0. The summed E-state index contributed by atoms with van der Waals surface area (Å²) in [4.78, 5) is 11.3. The van der Waals surface area contributed by atoms with E-state index in [1.165, 1.54) is 0 Å². The summed E-state index contributed by atoms with van der Waals surface area (Å²) >= 11 is 3.24. The standard InChI is InChI=1S/C9H10BrNO2.ClH/c1-2-13-9(12)6-3-7(10)5-8(11)4-6;/h3-5H,2,11H2,1H3;1H. The summed E-state index contributed by atoms with van der Waals surface area (Å²) in [6, 6.07) is 4.99. The molecular weight excluding hydrogens is 269 g/mol. The van der Waals surface area contributed by atoms with Crippen LogP contribution >= 0.6 is 28.3 Å². The van der Waals surface area contributed by atoms with Gasteiger partial charge in [0.25, 0.3) is 0 Å². The number of carbonyl (C=O) groups excluding carboxylic acids is 1. The Kier molecular flexibility index (Phi) is 5.57. The number of nitrogens with two attached hydrogens (primary N) is 1. The first kappa shape index (κ1) is 13.3. The zero-order valence-electron chi connectivity index (χ0n) is 7.62. The molecule has 0 heterocycles. The van der Waals surface area contributed by atoms with Crippen LogP contribution in [0.4, 0.5) is 5.69 Å². The van der Waals surface area contributed by atoms with Crippen molar-refractivity contribution in [2.45, 2.75) is 6.92 Å². The van der Waals surface area contributed by atoms with E-state index < -0.39 is 0 Å². The van der Waals surface area contributed by atoms with Gasteiger partial charge in [0.1, 0.15) is 0 Å². The van der Waals surface area contributed by atoms with Crippen LogP contribution in [0.5, 0.6) is 0 Å². The van der Waals surface area contributed by atoms with Gasteiger partial charge in [-0.2, -0.15) is 0 Å². The summed E-state index contributed by atoms with van der Waals surface area (Å²) < 4.78 is 5.60. The lowest BCUT2D eigenvalue weighted by molar-refractivity contribution is 0.0526. The zero-order chi connectivity index (χ0) is 9.84. The Morgan fingerprint density at radius 2 is 2.14 bits per heavy atom. The number of ether oxygens (including phenoxy) is 1. The molecule has 0 spiro atoms.